The van der Waals surface area contributed by atoms with E-state index in [4.69, 9.17) is 18.9 Å². The lowest BCUT2D eigenvalue weighted by Gasteiger charge is -2.64. The highest BCUT2D eigenvalue weighted by Crippen LogP contribution is 2.69. The second kappa shape index (κ2) is 14.1. The third kappa shape index (κ3) is 7.28. The van der Waals surface area contributed by atoms with Crippen molar-refractivity contribution in [3.8, 4) is 0 Å². The van der Waals surface area contributed by atoms with Crippen LogP contribution in [0, 0.1) is 52.3 Å². The molecule has 4 aliphatic carbocycles. The molecular weight excluding hydrogens is 564 g/mol. The molecule has 11 atom stereocenters. The highest BCUT2D eigenvalue weighted by atomic mass is 16.6. The minimum absolute atomic E-state index is 0.00285. The molecule has 0 bridgehead atoms. The molecule has 0 saturated heterocycles. The summed E-state index contributed by atoms with van der Waals surface area (Å²) in [5, 5.41) is 12.0. The number of carbonyl (C=O) groups excluding carboxylic acids is 4. The predicted octanol–water partition coefficient (Wildman–Crippen LogP) is 5.64. The van der Waals surface area contributed by atoms with Gasteiger partial charge in [-0.1, -0.05) is 33.6 Å². The van der Waals surface area contributed by atoms with Gasteiger partial charge in [-0.2, -0.15) is 0 Å². The van der Waals surface area contributed by atoms with Crippen molar-refractivity contribution in [2.24, 2.45) is 52.3 Å². The van der Waals surface area contributed by atoms with Gasteiger partial charge >= 0.3 is 23.9 Å². The first kappa shape index (κ1) is 34.7. The molecule has 0 aromatic rings. The van der Waals surface area contributed by atoms with Gasteiger partial charge in [0, 0.05) is 39.5 Å². The topological polar surface area (TPSA) is 125 Å². The van der Waals surface area contributed by atoms with Gasteiger partial charge in [-0.25, -0.2) is 0 Å². The third-order valence-electron chi connectivity index (χ3n) is 12.4. The molecule has 0 aliphatic heterocycles. The zero-order chi connectivity index (χ0) is 32.4. The van der Waals surface area contributed by atoms with Crippen LogP contribution in [-0.4, -0.2) is 60.5 Å². The largest absolute Gasteiger partial charge is 0.465 e. The van der Waals surface area contributed by atoms with Gasteiger partial charge < -0.3 is 24.1 Å². The summed E-state index contributed by atoms with van der Waals surface area (Å²) in [7, 11) is 0. The Labute approximate surface area is 263 Å². The number of aliphatic hydroxyl groups excluding tert-OH is 1. The van der Waals surface area contributed by atoms with Gasteiger partial charge in [-0.15, -0.1) is 0 Å². The molecule has 0 radical (unpaired) electrons. The number of hydrogen-bond acceptors (Lipinski definition) is 9. The number of rotatable bonds is 11. The zero-order valence-electron chi connectivity index (χ0n) is 28.0. The predicted molar refractivity (Wildman–Crippen MR) is 163 cm³/mol. The SMILES string of the molecule is CC(=O)OCC(CCC[C@@H](C)[C@H]1CC[C@H]2[C@@H]3[C@H](OC(C)=O)C[C@@H]4C[C@H](OC(C)=O)CC[C@]4(C)[C@H]3C[C@H](O)[C@]12C)COC(C)=O. The van der Waals surface area contributed by atoms with E-state index in [1.54, 1.807) is 0 Å². The lowest BCUT2D eigenvalue weighted by atomic mass is 9.43. The smallest absolute Gasteiger partial charge is 0.302 e. The van der Waals surface area contributed by atoms with Crippen molar-refractivity contribution in [3.63, 3.8) is 0 Å². The van der Waals surface area contributed by atoms with Crippen LogP contribution in [0.25, 0.3) is 0 Å². The zero-order valence-corrected chi connectivity index (χ0v) is 28.0. The average Bonchev–Trinajstić information content (AvgIpc) is 3.28. The summed E-state index contributed by atoms with van der Waals surface area (Å²) >= 11 is 0. The van der Waals surface area contributed by atoms with Crippen molar-refractivity contribution in [1.82, 2.24) is 0 Å². The maximum absolute atomic E-state index is 12.4. The van der Waals surface area contributed by atoms with E-state index in [0.717, 1.165) is 57.8 Å². The fraction of sp³-hybridized carbons (Fsp3) is 0.886. The van der Waals surface area contributed by atoms with Crippen molar-refractivity contribution >= 4 is 23.9 Å². The summed E-state index contributed by atoms with van der Waals surface area (Å²) in [6.45, 7) is 13.2. The van der Waals surface area contributed by atoms with Crippen molar-refractivity contribution in [1.29, 1.82) is 0 Å². The minimum atomic E-state index is -0.441. The summed E-state index contributed by atoms with van der Waals surface area (Å²) in [5.41, 5.74) is -0.269. The molecule has 9 nitrogen and oxygen atoms in total. The van der Waals surface area contributed by atoms with Crippen molar-refractivity contribution in [2.45, 2.75) is 131 Å². The maximum Gasteiger partial charge on any atom is 0.302 e. The Hall–Kier alpha value is -2.16. The number of hydrogen-bond donors (Lipinski definition) is 1. The van der Waals surface area contributed by atoms with E-state index in [1.807, 2.05) is 0 Å². The molecule has 4 aliphatic rings. The van der Waals surface area contributed by atoms with Crippen LogP contribution >= 0.6 is 0 Å². The van der Waals surface area contributed by atoms with Gasteiger partial charge in [-0.05, 0) is 91.8 Å². The summed E-state index contributed by atoms with van der Waals surface area (Å²) in [6.07, 6.45) is 8.03. The van der Waals surface area contributed by atoms with Crippen LogP contribution in [0.1, 0.15) is 113 Å². The molecule has 0 unspecified atom stereocenters. The van der Waals surface area contributed by atoms with Gasteiger partial charge in [0.25, 0.3) is 0 Å². The first-order valence-electron chi connectivity index (χ1n) is 17.0. The van der Waals surface area contributed by atoms with E-state index >= 15 is 0 Å². The summed E-state index contributed by atoms with van der Waals surface area (Å²) in [6, 6.07) is 0. The highest BCUT2D eigenvalue weighted by molar-refractivity contribution is 5.67. The van der Waals surface area contributed by atoms with Gasteiger partial charge in [0.15, 0.2) is 0 Å². The van der Waals surface area contributed by atoms with Crippen LogP contribution in [0.3, 0.4) is 0 Å². The Morgan fingerprint density at radius 3 is 2.02 bits per heavy atom. The standard InChI is InChI=1S/C35H56O9/c1-20(9-8-10-25(18-41-21(2)36)19-42-22(3)37)28-11-12-29-33-30(17-32(40)35(28,29)7)34(6)14-13-27(43-23(4)38)15-26(34)16-31(33)44-24(5)39/h20,25-33,40H,8-19H2,1-7H3/t20-,26+,27-,28-,29+,30+,31-,32+,33+,34+,35-/m1/s1. The minimum Gasteiger partial charge on any atom is -0.465 e. The van der Waals surface area contributed by atoms with Crippen LogP contribution in [0.15, 0.2) is 0 Å². The molecule has 0 aromatic carbocycles. The number of esters is 4. The number of aliphatic hydroxyl groups is 1. The van der Waals surface area contributed by atoms with Gasteiger partial charge in [0.2, 0.25) is 0 Å². The summed E-state index contributed by atoms with van der Waals surface area (Å²) in [4.78, 5) is 46.9. The van der Waals surface area contributed by atoms with Gasteiger partial charge in [0.1, 0.15) is 12.2 Å². The number of ether oxygens (including phenoxy) is 4. The quantitative estimate of drug-likeness (QED) is 0.231. The van der Waals surface area contributed by atoms with Crippen LogP contribution in [0.2, 0.25) is 0 Å². The molecule has 4 saturated carbocycles. The van der Waals surface area contributed by atoms with E-state index < -0.39 is 6.10 Å². The average molecular weight is 621 g/mol. The molecule has 0 spiro atoms. The molecule has 0 aromatic heterocycles. The van der Waals surface area contributed by atoms with E-state index in [1.165, 1.54) is 27.7 Å². The number of carbonyl (C=O) groups is 4. The molecule has 1 N–H and O–H groups in total. The highest BCUT2D eigenvalue weighted by Gasteiger charge is 2.66. The lowest BCUT2D eigenvalue weighted by molar-refractivity contribution is -0.218. The van der Waals surface area contributed by atoms with Crippen molar-refractivity contribution < 1.29 is 43.2 Å². The van der Waals surface area contributed by atoms with Gasteiger partial charge in [0.05, 0.1) is 19.3 Å². The Kier molecular flexibility index (Phi) is 11.1. The molecule has 4 rings (SSSR count). The fourth-order valence-corrected chi connectivity index (χ4v) is 10.4. The summed E-state index contributed by atoms with van der Waals surface area (Å²) in [5.74, 6) is 0.469. The Morgan fingerprint density at radius 2 is 1.43 bits per heavy atom. The lowest BCUT2D eigenvalue weighted by Crippen LogP contribution is -2.63. The van der Waals surface area contributed by atoms with Crippen molar-refractivity contribution in [2.75, 3.05) is 13.2 Å². The Balaban J connectivity index is 1.48. The monoisotopic (exact) mass is 620 g/mol. The van der Waals surface area contributed by atoms with Crippen LogP contribution < -0.4 is 0 Å². The molecule has 9 heteroatoms. The molecule has 250 valence electrons. The molecule has 0 amide bonds. The third-order valence-corrected chi connectivity index (χ3v) is 12.4. The first-order valence-corrected chi connectivity index (χ1v) is 17.0. The van der Waals surface area contributed by atoms with E-state index in [-0.39, 0.29) is 89.7 Å². The van der Waals surface area contributed by atoms with Crippen LogP contribution in [0.5, 0.6) is 0 Å². The fourth-order valence-electron chi connectivity index (χ4n) is 10.4. The second-order valence-electron chi connectivity index (χ2n) is 15.1. The molecule has 4 fully saturated rings. The number of fused-ring (bicyclic) bond motifs is 5. The molecular formula is C35H56O9. The molecule has 44 heavy (non-hydrogen) atoms. The van der Waals surface area contributed by atoms with Crippen LogP contribution in [0.4, 0.5) is 0 Å². The second-order valence-corrected chi connectivity index (χ2v) is 15.1. The maximum atomic E-state index is 12.4. The Bertz CT molecular complexity index is 1040. The van der Waals surface area contributed by atoms with Crippen molar-refractivity contribution in [3.05, 3.63) is 0 Å². The molecule has 0 heterocycles. The summed E-state index contributed by atoms with van der Waals surface area (Å²) < 4.78 is 22.2. The van der Waals surface area contributed by atoms with E-state index in [2.05, 4.69) is 20.8 Å². The normalized spacial score (nSPS) is 38.5. The van der Waals surface area contributed by atoms with Crippen LogP contribution in [-0.2, 0) is 38.1 Å². The first-order chi connectivity index (χ1) is 20.7. The van der Waals surface area contributed by atoms with E-state index in [9.17, 15) is 24.3 Å². The van der Waals surface area contributed by atoms with Gasteiger partial charge in [-0.3, -0.25) is 19.2 Å². The van der Waals surface area contributed by atoms with E-state index in [0.29, 0.717) is 18.3 Å². The Morgan fingerprint density at radius 1 is 0.795 bits per heavy atom.